The van der Waals surface area contributed by atoms with Crippen LogP contribution in [-0.4, -0.2) is 29.4 Å². The lowest BCUT2D eigenvalue weighted by Gasteiger charge is -2.11. The Morgan fingerprint density at radius 2 is 2.12 bits per heavy atom. The van der Waals surface area contributed by atoms with Crippen LogP contribution in [0.1, 0.15) is 25.0 Å². The number of rotatable bonds is 3. The number of amidine groups is 1. The summed E-state index contributed by atoms with van der Waals surface area (Å²) in [6.45, 7) is 5.50. The van der Waals surface area contributed by atoms with E-state index in [2.05, 4.69) is 44.0 Å². The Morgan fingerprint density at radius 1 is 1.29 bits per heavy atom. The minimum atomic E-state index is 1.05. The maximum absolute atomic E-state index is 4.79. The van der Waals surface area contributed by atoms with Crippen molar-refractivity contribution in [2.45, 2.75) is 26.7 Å². The molecule has 1 aromatic carbocycles. The topological polar surface area (TPSA) is 15.6 Å². The lowest BCUT2D eigenvalue weighted by atomic mass is 10.1. The van der Waals surface area contributed by atoms with E-state index in [1.54, 1.807) is 0 Å². The Morgan fingerprint density at radius 3 is 2.71 bits per heavy atom. The van der Waals surface area contributed by atoms with E-state index in [1.807, 2.05) is 11.8 Å². The van der Waals surface area contributed by atoms with Crippen molar-refractivity contribution in [3.05, 3.63) is 29.3 Å². The van der Waals surface area contributed by atoms with Crippen LogP contribution in [0.3, 0.4) is 0 Å². The number of aryl methyl sites for hydroxylation is 2. The van der Waals surface area contributed by atoms with Gasteiger partial charge in [-0.2, -0.15) is 0 Å². The van der Waals surface area contributed by atoms with E-state index in [4.69, 9.17) is 4.99 Å². The van der Waals surface area contributed by atoms with Crippen molar-refractivity contribution in [1.82, 2.24) is 4.90 Å². The van der Waals surface area contributed by atoms with Crippen molar-refractivity contribution < 1.29 is 0 Å². The SMILES string of the molecule is CCc1ccc(N=C2SCCN2C)c(CC)c1. The summed E-state index contributed by atoms with van der Waals surface area (Å²) in [4.78, 5) is 7.02. The molecule has 3 heteroatoms. The zero-order chi connectivity index (χ0) is 12.3. The van der Waals surface area contributed by atoms with Crippen LogP contribution in [0.5, 0.6) is 0 Å². The molecule has 0 bridgehead atoms. The molecule has 1 saturated heterocycles. The van der Waals surface area contributed by atoms with Crippen molar-refractivity contribution >= 4 is 22.6 Å². The summed E-state index contributed by atoms with van der Waals surface area (Å²) >= 11 is 1.85. The standard InChI is InChI=1S/C14H20N2S/c1-4-11-6-7-13(12(5-2)10-11)15-14-16(3)8-9-17-14/h6-7,10H,4-5,8-9H2,1-3H3. The third kappa shape index (κ3) is 2.83. The molecule has 1 aliphatic heterocycles. The molecule has 0 spiro atoms. The average Bonchev–Trinajstić information content (AvgIpc) is 2.75. The summed E-state index contributed by atoms with van der Waals surface area (Å²) in [6, 6.07) is 6.65. The van der Waals surface area contributed by atoms with Gasteiger partial charge in [0.05, 0.1) is 5.69 Å². The molecule has 2 nitrogen and oxygen atoms in total. The van der Waals surface area contributed by atoms with Gasteiger partial charge < -0.3 is 4.90 Å². The Bertz CT molecular complexity index is 426. The molecule has 0 saturated carbocycles. The molecule has 1 heterocycles. The van der Waals surface area contributed by atoms with Gasteiger partial charge in [0.15, 0.2) is 5.17 Å². The summed E-state index contributed by atoms with van der Waals surface area (Å²) in [5, 5.41) is 1.16. The number of nitrogens with zero attached hydrogens (tertiary/aromatic N) is 2. The normalized spacial score (nSPS) is 18.1. The summed E-state index contributed by atoms with van der Waals surface area (Å²) < 4.78 is 0. The molecular formula is C14H20N2S. The van der Waals surface area contributed by atoms with Gasteiger partial charge in [0.25, 0.3) is 0 Å². The number of hydrogen-bond acceptors (Lipinski definition) is 2. The first-order valence-electron chi connectivity index (χ1n) is 6.29. The van der Waals surface area contributed by atoms with Crippen LogP contribution in [0.4, 0.5) is 5.69 Å². The number of thioether (sulfide) groups is 1. The van der Waals surface area contributed by atoms with E-state index in [9.17, 15) is 0 Å². The van der Waals surface area contributed by atoms with Crippen LogP contribution in [0.15, 0.2) is 23.2 Å². The average molecular weight is 248 g/mol. The van der Waals surface area contributed by atoms with Crippen molar-refractivity contribution in [2.24, 2.45) is 4.99 Å². The second-order valence-corrected chi connectivity index (χ2v) is 5.40. The first-order chi connectivity index (χ1) is 8.24. The first-order valence-corrected chi connectivity index (χ1v) is 7.27. The predicted octanol–water partition coefficient (Wildman–Crippen LogP) is 3.48. The van der Waals surface area contributed by atoms with E-state index >= 15 is 0 Å². The van der Waals surface area contributed by atoms with E-state index in [0.29, 0.717) is 0 Å². The number of hydrogen-bond donors (Lipinski definition) is 0. The van der Waals surface area contributed by atoms with Crippen molar-refractivity contribution in [1.29, 1.82) is 0 Å². The van der Waals surface area contributed by atoms with E-state index < -0.39 is 0 Å². The molecule has 0 radical (unpaired) electrons. The van der Waals surface area contributed by atoms with E-state index in [-0.39, 0.29) is 0 Å². The molecule has 0 aliphatic carbocycles. The zero-order valence-electron chi connectivity index (χ0n) is 10.9. The predicted molar refractivity (Wildman–Crippen MR) is 77.4 cm³/mol. The molecular weight excluding hydrogens is 228 g/mol. The molecule has 0 N–H and O–H groups in total. The fourth-order valence-corrected chi connectivity index (χ4v) is 2.97. The van der Waals surface area contributed by atoms with Crippen LogP contribution in [-0.2, 0) is 12.8 Å². The Labute approximate surface area is 108 Å². The highest BCUT2D eigenvalue weighted by atomic mass is 32.2. The minimum absolute atomic E-state index is 1.05. The van der Waals surface area contributed by atoms with Crippen LogP contribution >= 0.6 is 11.8 Å². The smallest absolute Gasteiger partial charge is 0.164 e. The lowest BCUT2D eigenvalue weighted by molar-refractivity contribution is 0.563. The molecule has 0 amide bonds. The highest BCUT2D eigenvalue weighted by Crippen LogP contribution is 2.26. The second-order valence-electron chi connectivity index (χ2n) is 4.33. The Hall–Kier alpha value is -0.960. The molecule has 17 heavy (non-hydrogen) atoms. The fourth-order valence-electron chi connectivity index (χ4n) is 1.95. The first kappa shape index (κ1) is 12.5. The van der Waals surface area contributed by atoms with E-state index in [0.717, 1.165) is 36.0 Å². The zero-order valence-corrected chi connectivity index (χ0v) is 11.7. The quantitative estimate of drug-likeness (QED) is 0.814. The Balaban J connectivity index is 2.32. The second kappa shape index (κ2) is 5.58. The molecule has 0 unspecified atom stereocenters. The lowest BCUT2D eigenvalue weighted by Crippen LogP contribution is -2.17. The monoisotopic (exact) mass is 248 g/mol. The summed E-state index contributed by atoms with van der Waals surface area (Å²) in [6.07, 6.45) is 2.15. The minimum Gasteiger partial charge on any atom is -0.353 e. The molecule has 0 aromatic heterocycles. The Kier molecular flexibility index (Phi) is 4.11. The van der Waals surface area contributed by atoms with Crippen molar-refractivity contribution in [3.63, 3.8) is 0 Å². The molecule has 1 aliphatic rings. The highest BCUT2D eigenvalue weighted by Gasteiger charge is 2.15. The fraction of sp³-hybridized carbons (Fsp3) is 0.500. The van der Waals surface area contributed by atoms with Crippen molar-refractivity contribution in [2.75, 3.05) is 19.3 Å². The summed E-state index contributed by atoms with van der Waals surface area (Å²) in [7, 11) is 2.12. The maximum Gasteiger partial charge on any atom is 0.164 e. The molecule has 92 valence electrons. The van der Waals surface area contributed by atoms with Gasteiger partial charge in [0.2, 0.25) is 0 Å². The van der Waals surface area contributed by atoms with Gasteiger partial charge >= 0.3 is 0 Å². The van der Waals surface area contributed by atoms with Gasteiger partial charge in [-0.3, -0.25) is 0 Å². The highest BCUT2D eigenvalue weighted by molar-refractivity contribution is 8.14. The molecule has 0 atom stereocenters. The largest absolute Gasteiger partial charge is 0.353 e. The van der Waals surface area contributed by atoms with Gasteiger partial charge in [-0.15, -0.1) is 0 Å². The van der Waals surface area contributed by atoms with Gasteiger partial charge in [0.1, 0.15) is 0 Å². The molecule has 2 rings (SSSR count). The summed E-state index contributed by atoms with van der Waals surface area (Å²) in [5.41, 5.74) is 3.90. The third-order valence-corrected chi connectivity index (χ3v) is 4.18. The summed E-state index contributed by atoms with van der Waals surface area (Å²) in [5.74, 6) is 1.16. The number of aliphatic imine (C=N–C) groups is 1. The van der Waals surface area contributed by atoms with E-state index in [1.165, 1.54) is 11.1 Å². The van der Waals surface area contributed by atoms with Crippen LogP contribution in [0, 0.1) is 0 Å². The van der Waals surface area contributed by atoms with Gasteiger partial charge in [-0.1, -0.05) is 37.7 Å². The van der Waals surface area contributed by atoms with Crippen LogP contribution in [0.2, 0.25) is 0 Å². The van der Waals surface area contributed by atoms with Crippen LogP contribution in [0.25, 0.3) is 0 Å². The number of benzene rings is 1. The molecule has 1 fully saturated rings. The maximum atomic E-state index is 4.79. The van der Waals surface area contributed by atoms with Crippen molar-refractivity contribution in [3.8, 4) is 0 Å². The van der Waals surface area contributed by atoms with Gasteiger partial charge in [0, 0.05) is 19.3 Å². The molecule has 1 aromatic rings. The third-order valence-electron chi connectivity index (χ3n) is 3.13. The van der Waals surface area contributed by atoms with Crippen LogP contribution < -0.4 is 0 Å². The van der Waals surface area contributed by atoms with Gasteiger partial charge in [-0.05, 0) is 30.0 Å². The van der Waals surface area contributed by atoms with Gasteiger partial charge in [-0.25, -0.2) is 4.99 Å².